The van der Waals surface area contributed by atoms with Crippen LogP contribution < -0.4 is 5.32 Å². The standard InChI is InChI=1S/C19H21BrF3N3O4S2/c1-12(27)25-8-9-26(32(29,30)17-7-6-16(20)31-17)15(11-25)18(28)24-10-13-2-4-14(5-3-13)19(21,22)23/h2-6,15,17H,7-11H2,1H3,(H,24,28). The fourth-order valence-corrected chi connectivity index (χ4v) is 7.93. The Bertz CT molecular complexity index is 1020. The van der Waals surface area contributed by atoms with Crippen LogP contribution in [-0.2, 0) is 32.3 Å². The number of carbonyl (C=O) groups is 2. The second-order valence-electron chi connectivity index (χ2n) is 7.34. The molecular formula is C19H21BrF3N3O4S2. The fraction of sp³-hybridized carbons (Fsp3) is 0.474. The molecule has 2 unspecified atom stereocenters. The zero-order chi connectivity index (χ0) is 23.7. The maximum Gasteiger partial charge on any atom is 0.416 e. The minimum Gasteiger partial charge on any atom is -0.351 e. The summed E-state index contributed by atoms with van der Waals surface area (Å²) < 4.78 is 65.6. The van der Waals surface area contributed by atoms with Gasteiger partial charge in [-0.15, -0.1) is 0 Å². The number of halogens is 4. The SMILES string of the molecule is CC(=O)N1CCN(S(=O)(=O)C2CC=C(Br)S2)C(C(=O)NCc2ccc(C(F)(F)F)cc2)C1. The number of allylic oxidation sites excluding steroid dienone is 1. The van der Waals surface area contributed by atoms with E-state index < -0.39 is 38.3 Å². The summed E-state index contributed by atoms with van der Waals surface area (Å²) >= 11 is 4.42. The van der Waals surface area contributed by atoms with E-state index in [1.54, 1.807) is 6.08 Å². The molecule has 1 N–H and O–H groups in total. The van der Waals surface area contributed by atoms with E-state index in [4.69, 9.17) is 0 Å². The van der Waals surface area contributed by atoms with Gasteiger partial charge in [0.25, 0.3) is 0 Å². The van der Waals surface area contributed by atoms with E-state index in [0.717, 1.165) is 28.2 Å². The average molecular weight is 556 g/mol. The summed E-state index contributed by atoms with van der Waals surface area (Å²) in [5.41, 5.74) is -0.373. The van der Waals surface area contributed by atoms with Crippen molar-refractivity contribution in [3.05, 3.63) is 45.3 Å². The first-order valence-electron chi connectivity index (χ1n) is 9.62. The highest BCUT2D eigenvalue weighted by Gasteiger charge is 2.44. The zero-order valence-corrected chi connectivity index (χ0v) is 20.2. The molecule has 0 aliphatic carbocycles. The number of hydrogen-bond donors (Lipinski definition) is 1. The lowest BCUT2D eigenvalue weighted by Crippen LogP contribution is -2.62. The maximum absolute atomic E-state index is 13.2. The zero-order valence-electron chi connectivity index (χ0n) is 16.9. The van der Waals surface area contributed by atoms with Crippen LogP contribution in [0.2, 0.25) is 0 Å². The van der Waals surface area contributed by atoms with Gasteiger partial charge in [-0.3, -0.25) is 9.59 Å². The van der Waals surface area contributed by atoms with Crippen molar-refractivity contribution in [2.24, 2.45) is 0 Å². The van der Waals surface area contributed by atoms with Gasteiger partial charge in [0, 0.05) is 36.9 Å². The first-order chi connectivity index (χ1) is 14.9. The fourth-order valence-electron chi connectivity index (χ4n) is 3.43. The molecule has 2 atom stereocenters. The predicted molar refractivity (Wildman–Crippen MR) is 118 cm³/mol. The average Bonchev–Trinajstić information content (AvgIpc) is 3.18. The van der Waals surface area contributed by atoms with Gasteiger partial charge in [-0.1, -0.05) is 30.0 Å². The van der Waals surface area contributed by atoms with Gasteiger partial charge in [0.05, 0.1) is 5.56 Å². The van der Waals surface area contributed by atoms with Gasteiger partial charge >= 0.3 is 6.18 Å². The van der Waals surface area contributed by atoms with E-state index in [1.165, 1.54) is 24.0 Å². The van der Waals surface area contributed by atoms with Crippen molar-refractivity contribution < 1.29 is 31.2 Å². The predicted octanol–water partition coefficient (Wildman–Crippen LogP) is 2.88. The number of thioether (sulfide) groups is 1. The number of sulfonamides is 1. The highest BCUT2D eigenvalue weighted by molar-refractivity contribution is 9.14. The smallest absolute Gasteiger partial charge is 0.351 e. The molecular weight excluding hydrogens is 535 g/mol. The van der Waals surface area contributed by atoms with Gasteiger partial charge in [-0.2, -0.15) is 17.5 Å². The van der Waals surface area contributed by atoms with Crippen LogP contribution in [0.5, 0.6) is 0 Å². The second-order valence-corrected chi connectivity index (χ2v) is 12.3. The number of rotatable bonds is 5. The first-order valence-corrected chi connectivity index (χ1v) is 12.8. The Morgan fingerprint density at radius 3 is 2.41 bits per heavy atom. The van der Waals surface area contributed by atoms with Gasteiger partial charge in [0.2, 0.25) is 21.8 Å². The molecule has 2 heterocycles. The number of nitrogens with one attached hydrogen (secondary N) is 1. The topological polar surface area (TPSA) is 86.8 Å². The summed E-state index contributed by atoms with van der Waals surface area (Å²) in [6.45, 7) is 1.32. The van der Waals surface area contributed by atoms with E-state index in [9.17, 15) is 31.2 Å². The molecule has 2 aliphatic rings. The Labute approximate surface area is 196 Å². The van der Waals surface area contributed by atoms with Crippen LogP contribution in [0, 0.1) is 0 Å². The van der Waals surface area contributed by atoms with E-state index in [-0.39, 0.29) is 32.1 Å². The van der Waals surface area contributed by atoms with E-state index in [0.29, 0.717) is 15.8 Å². The molecule has 2 amide bonds. The van der Waals surface area contributed by atoms with Crippen molar-refractivity contribution in [1.82, 2.24) is 14.5 Å². The molecule has 0 radical (unpaired) electrons. The highest BCUT2D eigenvalue weighted by Crippen LogP contribution is 2.40. The summed E-state index contributed by atoms with van der Waals surface area (Å²) in [6.07, 6.45) is -2.42. The molecule has 0 aromatic heterocycles. The molecule has 1 aromatic carbocycles. The van der Waals surface area contributed by atoms with Crippen molar-refractivity contribution in [1.29, 1.82) is 0 Å². The molecule has 0 bridgehead atoms. The number of hydrogen-bond acceptors (Lipinski definition) is 5. The van der Waals surface area contributed by atoms with Crippen LogP contribution in [0.25, 0.3) is 0 Å². The molecule has 3 rings (SSSR count). The summed E-state index contributed by atoms with van der Waals surface area (Å²) in [5.74, 6) is -0.892. The number of amides is 2. The van der Waals surface area contributed by atoms with Crippen LogP contribution in [-0.4, -0.2) is 59.7 Å². The molecule has 13 heteroatoms. The van der Waals surface area contributed by atoms with Crippen LogP contribution in [0.1, 0.15) is 24.5 Å². The molecule has 2 aliphatic heterocycles. The van der Waals surface area contributed by atoms with Crippen molar-refractivity contribution in [3.8, 4) is 0 Å². The van der Waals surface area contributed by atoms with Crippen LogP contribution in [0.4, 0.5) is 13.2 Å². The van der Waals surface area contributed by atoms with Gasteiger partial charge < -0.3 is 10.2 Å². The van der Waals surface area contributed by atoms with Crippen LogP contribution in [0.3, 0.4) is 0 Å². The van der Waals surface area contributed by atoms with Gasteiger partial charge in [0.1, 0.15) is 10.6 Å². The van der Waals surface area contributed by atoms with Gasteiger partial charge in [-0.25, -0.2) is 8.42 Å². The Kier molecular flexibility index (Phi) is 7.62. The van der Waals surface area contributed by atoms with Crippen LogP contribution >= 0.6 is 27.7 Å². The molecule has 0 spiro atoms. The Morgan fingerprint density at radius 1 is 1.22 bits per heavy atom. The highest BCUT2D eigenvalue weighted by atomic mass is 79.9. The lowest BCUT2D eigenvalue weighted by Gasteiger charge is -2.40. The molecule has 1 aromatic rings. The Morgan fingerprint density at radius 2 is 1.88 bits per heavy atom. The molecule has 1 saturated heterocycles. The van der Waals surface area contributed by atoms with Crippen molar-refractivity contribution in [2.75, 3.05) is 19.6 Å². The monoisotopic (exact) mass is 555 g/mol. The Balaban J connectivity index is 1.74. The number of nitrogens with zero attached hydrogens (tertiary/aromatic N) is 2. The molecule has 7 nitrogen and oxygen atoms in total. The molecule has 1 fully saturated rings. The van der Waals surface area contributed by atoms with E-state index >= 15 is 0 Å². The van der Waals surface area contributed by atoms with Gasteiger partial charge in [0.15, 0.2) is 0 Å². The molecule has 32 heavy (non-hydrogen) atoms. The summed E-state index contributed by atoms with van der Waals surface area (Å²) in [7, 11) is -3.85. The third kappa shape index (κ3) is 5.67. The van der Waals surface area contributed by atoms with E-state index in [2.05, 4.69) is 21.2 Å². The summed E-state index contributed by atoms with van der Waals surface area (Å²) in [6, 6.07) is 3.20. The van der Waals surface area contributed by atoms with Crippen molar-refractivity contribution in [2.45, 2.75) is 36.7 Å². The van der Waals surface area contributed by atoms with Crippen molar-refractivity contribution in [3.63, 3.8) is 0 Å². The maximum atomic E-state index is 13.2. The number of carbonyl (C=O) groups excluding carboxylic acids is 2. The van der Waals surface area contributed by atoms with Gasteiger partial charge in [-0.05, 0) is 40.0 Å². The lowest BCUT2D eigenvalue weighted by atomic mass is 10.1. The normalized spacial score (nSPS) is 22.5. The number of piperazine rings is 1. The third-order valence-electron chi connectivity index (χ3n) is 5.20. The Hall–Kier alpha value is -1.57. The lowest BCUT2D eigenvalue weighted by molar-refractivity contribution is -0.138. The minimum absolute atomic E-state index is 0.0189. The number of alkyl halides is 3. The van der Waals surface area contributed by atoms with Crippen LogP contribution in [0.15, 0.2) is 34.2 Å². The largest absolute Gasteiger partial charge is 0.416 e. The van der Waals surface area contributed by atoms with Crippen molar-refractivity contribution >= 4 is 49.5 Å². The quantitative estimate of drug-likeness (QED) is 0.603. The number of benzene rings is 1. The summed E-state index contributed by atoms with van der Waals surface area (Å²) in [5, 5.41) is 2.59. The first kappa shape index (κ1) is 25.1. The summed E-state index contributed by atoms with van der Waals surface area (Å²) in [4.78, 5) is 26.2. The molecule has 176 valence electrons. The minimum atomic E-state index is -4.46. The van der Waals surface area contributed by atoms with E-state index in [1.807, 2.05) is 0 Å². The third-order valence-corrected chi connectivity index (χ3v) is 9.90. The molecule has 0 saturated carbocycles. The second kappa shape index (κ2) is 9.74.